The zero-order valence-electron chi connectivity index (χ0n) is 17.9. The lowest BCUT2D eigenvalue weighted by Crippen LogP contribution is -2.54. The number of para-hydroxylation sites is 2. The molecule has 4 nitrogen and oxygen atoms in total. The number of thioether (sulfide) groups is 1. The molecule has 164 valence electrons. The predicted octanol–water partition coefficient (Wildman–Crippen LogP) is 5.66. The van der Waals surface area contributed by atoms with Crippen LogP contribution in [0.5, 0.6) is 0 Å². The summed E-state index contributed by atoms with van der Waals surface area (Å²) < 4.78 is 0. The third-order valence-corrected chi connectivity index (χ3v) is 8.62. The average molecular weight is 476 g/mol. The summed E-state index contributed by atoms with van der Waals surface area (Å²) in [5.41, 5.74) is 3.20. The first-order valence-corrected chi connectivity index (χ1v) is 12.6. The second kappa shape index (κ2) is 8.18. The van der Waals surface area contributed by atoms with E-state index in [2.05, 4.69) is 41.8 Å². The average Bonchev–Trinajstić information content (AvgIpc) is 3.55. The quantitative estimate of drug-likeness (QED) is 0.569. The molecular formula is C24H27Cl2N3OS. The second-order valence-electron chi connectivity index (χ2n) is 9.04. The molecule has 1 aliphatic carbocycles. The van der Waals surface area contributed by atoms with Crippen LogP contribution in [-0.2, 0) is 11.3 Å². The maximum Gasteiger partial charge on any atom is 0.245 e. The van der Waals surface area contributed by atoms with Crippen LogP contribution in [0.4, 0.5) is 11.4 Å². The molecule has 2 aromatic carbocycles. The summed E-state index contributed by atoms with van der Waals surface area (Å²) in [5, 5.41) is 1.35. The van der Waals surface area contributed by atoms with Crippen molar-refractivity contribution in [3.8, 4) is 0 Å². The van der Waals surface area contributed by atoms with Crippen LogP contribution < -0.4 is 9.80 Å². The molecule has 2 heterocycles. The van der Waals surface area contributed by atoms with Crippen molar-refractivity contribution in [2.75, 3.05) is 28.6 Å². The Labute approximate surface area is 198 Å². The van der Waals surface area contributed by atoms with Crippen molar-refractivity contribution >= 4 is 52.2 Å². The van der Waals surface area contributed by atoms with Gasteiger partial charge in [-0.1, -0.05) is 35.3 Å². The molecule has 2 aromatic rings. The zero-order valence-corrected chi connectivity index (χ0v) is 20.2. The van der Waals surface area contributed by atoms with Gasteiger partial charge in [0.25, 0.3) is 0 Å². The maximum absolute atomic E-state index is 13.9. The van der Waals surface area contributed by atoms with Gasteiger partial charge in [0.05, 0.1) is 16.2 Å². The van der Waals surface area contributed by atoms with E-state index in [-0.39, 0.29) is 16.8 Å². The number of carbonyl (C=O) groups is 1. The van der Waals surface area contributed by atoms with E-state index in [0.29, 0.717) is 22.6 Å². The van der Waals surface area contributed by atoms with Crippen molar-refractivity contribution in [2.45, 2.75) is 50.2 Å². The second-order valence-corrected chi connectivity index (χ2v) is 11.5. The van der Waals surface area contributed by atoms with E-state index in [1.54, 1.807) is 6.07 Å². The molecule has 1 amide bonds. The van der Waals surface area contributed by atoms with Gasteiger partial charge in [0, 0.05) is 41.5 Å². The first-order chi connectivity index (χ1) is 14.8. The molecule has 31 heavy (non-hydrogen) atoms. The first kappa shape index (κ1) is 21.4. The maximum atomic E-state index is 13.9. The smallest absolute Gasteiger partial charge is 0.245 e. The molecule has 1 saturated carbocycles. The van der Waals surface area contributed by atoms with Gasteiger partial charge in [-0.05, 0) is 62.6 Å². The van der Waals surface area contributed by atoms with E-state index in [9.17, 15) is 4.79 Å². The fraction of sp³-hybridized carbons (Fsp3) is 0.458. The van der Waals surface area contributed by atoms with Crippen LogP contribution in [0.15, 0.2) is 42.5 Å². The number of nitrogens with zero attached hydrogens (tertiary/aromatic N) is 3. The summed E-state index contributed by atoms with van der Waals surface area (Å²) in [5.74, 6) is 0.953. The zero-order chi connectivity index (χ0) is 21.8. The Hall–Kier alpha value is -1.40. The number of halogens is 2. The summed E-state index contributed by atoms with van der Waals surface area (Å²) in [6.07, 6.45) is 2.51. The SMILES string of the molecule is CC1(C)SCC(C(=O)N2CCN(C3CC3)c3ccccc32)N1Cc1cc(Cl)ccc1Cl. The molecule has 0 N–H and O–H groups in total. The van der Waals surface area contributed by atoms with Gasteiger partial charge < -0.3 is 9.80 Å². The fourth-order valence-electron chi connectivity index (χ4n) is 4.74. The van der Waals surface area contributed by atoms with Crippen molar-refractivity contribution in [3.05, 3.63) is 58.1 Å². The molecule has 5 rings (SSSR count). The number of carbonyl (C=O) groups excluding carboxylic acids is 1. The van der Waals surface area contributed by atoms with Gasteiger partial charge in [-0.15, -0.1) is 11.8 Å². The van der Waals surface area contributed by atoms with Crippen molar-refractivity contribution in [1.82, 2.24) is 4.90 Å². The van der Waals surface area contributed by atoms with Gasteiger partial charge in [0.15, 0.2) is 0 Å². The topological polar surface area (TPSA) is 26.8 Å². The minimum absolute atomic E-state index is 0.165. The van der Waals surface area contributed by atoms with Gasteiger partial charge in [-0.25, -0.2) is 0 Å². The highest BCUT2D eigenvalue weighted by atomic mass is 35.5. The lowest BCUT2D eigenvalue weighted by Gasteiger charge is -2.41. The van der Waals surface area contributed by atoms with Gasteiger partial charge >= 0.3 is 0 Å². The Morgan fingerprint density at radius 1 is 1.10 bits per heavy atom. The molecule has 1 atom stereocenters. The first-order valence-electron chi connectivity index (χ1n) is 10.9. The molecule has 0 radical (unpaired) electrons. The largest absolute Gasteiger partial charge is 0.365 e. The third-order valence-electron chi connectivity index (χ3n) is 6.60. The van der Waals surface area contributed by atoms with Gasteiger partial charge in [-0.2, -0.15) is 0 Å². The number of amides is 1. The van der Waals surface area contributed by atoms with Crippen molar-refractivity contribution < 1.29 is 4.79 Å². The lowest BCUT2D eigenvalue weighted by molar-refractivity contribution is -0.123. The summed E-state index contributed by atoms with van der Waals surface area (Å²) in [6, 6.07) is 14.3. The third kappa shape index (κ3) is 4.06. The number of fused-ring (bicyclic) bond motifs is 1. The molecule has 1 unspecified atom stereocenters. The Morgan fingerprint density at radius 2 is 1.84 bits per heavy atom. The highest BCUT2D eigenvalue weighted by Crippen LogP contribution is 2.44. The van der Waals surface area contributed by atoms with Gasteiger partial charge in [0.1, 0.15) is 6.04 Å². The number of hydrogen-bond acceptors (Lipinski definition) is 4. The Morgan fingerprint density at radius 3 is 2.58 bits per heavy atom. The molecule has 0 aromatic heterocycles. The predicted molar refractivity (Wildman–Crippen MR) is 131 cm³/mol. The van der Waals surface area contributed by atoms with Crippen molar-refractivity contribution in [2.24, 2.45) is 0 Å². The molecule has 0 bridgehead atoms. The molecule has 3 aliphatic rings. The Balaban J connectivity index is 1.43. The monoisotopic (exact) mass is 475 g/mol. The number of rotatable bonds is 4. The standard InChI is InChI=1S/C24H27Cl2N3OS/c1-24(2)29(14-16-13-17(25)7-10-19(16)26)22(15-31-24)23(30)28-12-11-27(18-8-9-18)20-5-3-4-6-21(20)28/h3-7,10,13,18,22H,8-9,11-12,14-15H2,1-2H3. The summed E-state index contributed by atoms with van der Waals surface area (Å²) in [7, 11) is 0. The van der Waals surface area contributed by atoms with Crippen molar-refractivity contribution in [3.63, 3.8) is 0 Å². The Kier molecular flexibility index (Phi) is 5.66. The van der Waals surface area contributed by atoms with E-state index < -0.39 is 0 Å². The highest BCUT2D eigenvalue weighted by Gasteiger charge is 2.46. The molecular weight excluding hydrogens is 449 g/mol. The van der Waals surface area contributed by atoms with E-state index in [4.69, 9.17) is 23.2 Å². The van der Waals surface area contributed by atoms with Crippen molar-refractivity contribution in [1.29, 1.82) is 0 Å². The molecule has 2 fully saturated rings. The van der Waals surface area contributed by atoms with Crippen LogP contribution in [0.1, 0.15) is 32.3 Å². The Bertz CT molecular complexity index is 1010. The normalized spacial score (nSPS) is 23.2. The number of anilines is 2. The summed E-state index contributed by atoms with van der Waals surface area (Å²) >= 11 is 14.5. The van der Waals surface area contributed by atoms with E-state index >= 15 is 0 Å². The summed E-state index contributed by atoms with van der Waals surface area (Å²) in [6.45, 7) is 6.60. The summed E-state index contributed by atoms with van der Waals surface area (Å²) in [4.78, 5) is 20.5. The molecule has 1 saturated heterocycles. The van der Waals surface area contributed by atoms with Crippen LogP contribution in [0.2, 0.25) is 10.0 Å². The van der Waals surface area contributed by atoms with Gasteiger partial charge in [0.2, 0.25) is 5.91 Å². The van der Waals surface area contributed by atoms with Crippen LogP contribution in [-0.4, -0.2) is 46.6 Å². The lowest BCUT2D eigenvalue weighted by atomic mass is 10.1. The van der Waals surface area contributed by atoms with Crippen LogP contribution >= 0.6 is 35.0 Å². The van der Waals surface area contributed by atoms with Gasteiger partial charge in [-0.3, -0.25) is 9.69 Å². The highest BCUT2D eigenvalue weighted by molar-refractivity contribution is 8.00. The van der Waals surface area contributed by atoms with E-state index in [1.807, 2.05) is 34.9 Å². The molecule has 2 aliphatic heterocycles. The fourth-order valence-corrected chi connectivity index (χ4v) is 6.36. The molecule has 7 heteroatoms. The minimum Gasteiger partial charge on any atom is -0.365 e. The number of benzene rings is 2. The van der Waals surface area contributed by atoms with E-state index in [0.717, 1.165) is 30.1 Å². The number of hydrogen-bond donors (Lipinski definition) is 0. The van der Waals surface area contributed by atoms with E-state index in [1.165, 1.54) is 18.5 Å². The molecule has 0 spiro atoms. The van der Waals surface area contributed by atoms with Crippen LogP contribution in [0.3, 0.4) is 0 Å². The van der Waals surface area contributed by atoms with Crippen LogP contribution in [0.25, 0.3) is 0 Å². The minimum atomic E-state index is -0.199. The van der Waals surface area contributed by atoms with Crippen LogP contribution in [0, 0.1) is 0 Å².